The summed E-state index contributed by atoms with van der Waals surface area (Å²) in [6.07, 6.45) is 0. The van der Waals surface area contributed by atoms with Gasteiger partial charge in [-0.1, -0.05) is 17.7 Å². The molecular formula is C16H17F2NO. The van der Waals surface area contributed by atoms with Crippen LogP contribution in [-0.4, -0.2) is 7.11 Å². The number of hydrogen-bond acceptors (Lipinski definition) is 2. The van der Waals surface area contributed by atoms with Crippen molar-refractivity contribution >= 4 is 5.69 Å². The van der Waals surface area contributed by atoms with Gasteiger partial charge in [0.1, 0.15) is 17.4 Å². The second-order valence-electron chi connectivity index (χ2n) is 4.77. The molecule has 0 amide bonds. The second kappa shape index (κ2) is 5.90. The van der Waals surface area contributed by atoms with Crippen LogP contribution in [0.2, 0.25) is 0 Å². The van der Waals surface area contributed by atoms with Crippen LogP contribution in [0.25, 0.3) is 0 Å². The van der Waals surface area contributed by atoms with Crippen LogP contribution in [0.5, 0.6) is 5.75 Å². The van der Waals surface area contributed by atoms with Crippen molar-refractivity contribution in [3.63, 3.8) is 0 Å². The Morgan fingerprint density at radius 3 is 2.30 bits per heavy atom. The zero-order chi connectivity index (χ0) is 14.7. The zero-order valence-corrected chi connectivity index (χ0v) is 11.7. The lowest BCUT2D eigenvalue weighted by atomic mass is 10.0. The van der Waals surface area contributed by atoms with Gasteiger partial charge < -0.3 is 10.1 Å². The fourth-order valence-corrected chi connectivity index (χ4v) is 2.16. The topological polar surface area (TPSA) is 21.3 Å². The average Bonchev–Trinajstić information content (AvgIpc) is 2.37. The summed E-state index contributed by atoms with van der Waals surface area (Å²) in [5.41, 5.74) is 2.44. The van der Waals surface area contributed by atoms with Crippen LogP contribution in [0.15, 0.2) is 36.4 Å². The molecule has 0 heterocycles. The summed E-state index contributed by atoms with van der Waals surface area (Å²) in [7, 11) is 1.60. The number of halogens is 2. The van der Waals surface area contributed by atoms with Crippen molar-refractivity contribution in [2.45, 2.75) is 19.9 Å². The van der Waals surface area contributed by atoms with Gasteiger partial charge in [-0.25, -0.2) is 8.78 Å². The third-order valence-corrected chi connectivity index (χ3v) is 3.10. The molecule has 0 bridgehead atoms. The van der Waals surface area contributed by atoms with Gasteiger partial charge in [-0.3, -0.25) is 0 Å². The van der Waals surface area contributed by atoms with Gasteiger partial charge in [-0.2, -0.15) is 0 Å². The summed E-state index contributed by atoms with van der Waals surface area (Å²) in [6, 6.07) is 9.08. The first-order chi connectivity index (χ1) is 9.49. The molecule has 0 saturated heterocycles. The minimum Gasteiger partial charge on any atom is -0.496 e. The first-order valence-corrected chi connectivity index (χ1v) is 6.37. The largest absolute Gasteiger partial charge is 0.496 e. The van der Waals surface area contributed by atoms with Crippen molar-refractivity contribution in [3.8, 4) is 5.75 Å². The van der Waals surface area contributed by atoms with Crippen LogP contribution in [0.4, 0.5) is 14.5 Å². The van der Waals surface area contributed by atoms with Crippen molar-refractivity contribution in [1.29, 1.82) is 0 Å². The Morgan fingerprint density at radius 2 is 1.70 bits per heavy atom. The molecular weight excluding hydrogens is 260 g/mol. The number of aryl methyl sites for hydroxylation is 1. The molecule has 2 aromatic rings. The lowest BCUT2D eigenvalue weighted by molar-refractivity contribution is 0.408. The minimum absolute atomic E-state index is 0.133. The van der Waals surface area contributed by atoms with Gasteiger partial charge in [-0.15, -0.1) is 0 Å². The fraction of sp³-hybridized carbons (Fsp3) is 0.250. The molecule has 0 spiro atoms. The molecule has 1 N–H and O–H groups in total. The highest BCUT2D eigenvalue weighted by Crippen LogP contribution is 2.29. The Morgan fingerprint density at radius 1 is 1.05 bits per heavy atom. The van der Waals surface area contributed by atoms with E-state index in [1.807, 2.05) is 32.0 Å². The fourth-order valence-electron chi connectivity index (χ4n) is 2.16. The molecule has 0 aliphatic rings. The van der Waals surface area contributed by atoms with Crippen molar-refractivity contribution in [3.05, 3.63) is 59.2 Å². The minimum atomic E-state index is -0.601. The van der Waals surface area contributed by atoms with Crippen LogP contribution in [-0.2, 0) is 0 Å². The van der Waals surface area contributed by atoms with E-state index < -0.39 is 11.6 Å². The molecule has 106 valence electrons. The highest BCUT2D eigenvalue weighted by Gasteiger charge is 2.12. The van der Waals surface area contributed by atoms with Gasteiger partial charge in [0.2, 0.25) is 0 Å². The second-order valence-corrected chi connectivity index (χ2v) is 4.77. The summed E-state index contributed by atoms with van der Waals surface area (Å²) in [4.78, 5) is 0. The third kappa shape index (κ3) is 3.26. The summed E-state index contributed by atoms with van der Waals surface area (Å²) in [5.74, 6) is -0.459. The Bertz CT molecular complexity index is 593. The molecule has 0 aliphatic heterocycles. The Hall–Kier alpha value is -2.10. The van der Waals surface area contributed by atoms with Crippen LogP contribution in [0.3, 0.4) is 0 Å². The van der Waals surface area contributed by atoms with E-state index in [1.54, 1.807) is 7.11 Å². The lowest BCUT2D eigenvalue weighted by Crippen LogP contribution is -2.09. The highest BCUT2D eigenvalue weighted by atomic mass is 19.1. The lowest BCUT2D eigenvalue weighted by Gasteiger charge is -2.19. The van der Waals surface area contributed by atoms with Gasteiger partial charge in [0.25, 0.3) is 0 Å². The maximum atomic E-state index is 13.2. The summed E-state index contributed by atoms with van der Waals surface area (Å²) in [5, 5.41) is 3.08. The molecule has 1 unspecified atom stereocenters. The normalized spacial score (nSPS) is 12.1. The van der Waals surface area contributed by atoms with Gasteiger partial charge in [0.15, 0.2) is 0 Å². The predicted molar refractivity (Wildman–Crippen MR) is 76.1 cm³/mol. The number of hydrogen-bond donors (Lipinski definition) is 1. The van der Waals surface area contributed by atoms with E-state index in [0.717, 1.165) is 22.9 Å². The van der Waals surface area contributed by atoms with Crippen LogP contribution in [0.1, 0.15) is 24.1 Å². The van der Waals surface area contributed by atoms with Gasteiger partial charge in [-0.05, 0) is 32.0 Å². The van der Waals surface area contributed by atoms with E-state index >= 15 is 0 Å². The molecule has 0 fully saturated rings. The molecule has 4 heteroatoms. The Kier molecular flexibility index (Phi) is 4.23. The smallest absolute Gasteiger partial charge is 0.128 e. The molecule has 0 aromatic heterocycles. The summed E-state index contributed by atoms with van der Waals surface area (Å²) < 4.78 is 31.7. The predicted octanol–water partition coefficient (Wildman–Crippen LogP) is 4.45. The maximum Gasteiger partial charge on any atom is 0.128 e. The molecule has 20 heavy (non-hydrogen) atoms. The molecule has 0 saturated carbocycles. The Labute approximate surface area is 117 Å². The summed E-state index contributed by atoms with van der Waals surface area (Å²) >= 11 is 0. The Balaban J connectivity index is 2.27. The molecule has 2 rings (SSSR count). The monoisotopic (exact) mass is 277 g/mol. The third-order valence-electron chi connectivity index (χ3n) is 3.10. The molecule has 1 atom stereocenters. The van der Waals surface area contributed by atoms with Crippen molar-refractivity contribution in [2.75, 3.05) is 12.4 Å². The van der Waals surface area contributed by atoms with Crippen LogP contribution >= 0.6 is 0 Å². The van der Waals surface area contributed by atoms with E-state index in [-0.39, 0.29) is 6.04 Å². The number of methoxy groups -OCH3 is 1. The van der Waals surface area contributed by atoms with Crippen LogP contribution < -0.4 is 10.1 Å². The number of rotatable bonds is 4. The van der Waals surface area contributed by atoms with Crippen LogP contribution in [0, 0.1) is 18.6 Å². The first-order valence-electron chi connectivity index (χ1n) is 6.37. The molecule has 2 aromatic carbocycles. The van der Waals surface area contributed by atoms with E-state index in [1.165, 1.54) is 12.1 Å². The van der Waals surface area contributed by atoms with Crippen molar-refractivity contribution in [1.82, 2.24) is 0 Å². The number of ether oxygens (including phenoxy) is 1. The quantitative estimate of drug-likeness (QED) is 0.891. The SMILES string of the molecule is COc1ccc(C)cc1C(C)Nc1cc(F)cc(F)c1. The molecule has 0 radical (unpaired) electrons. The van der Waals surface area contributed by atoms with Crippen molar-refractivity contribution < 1.29 is 13.5 Å². The van der Waals surface area contributed by atoms with E-state index in [0.29, 0.717) is 5.69 Å². The van der Waals surface area contributed by atoms with Crippen molar-refractivity contribution in [2.24, 2.45) is 0 Å². The maximum absolute atomic E-state index is 13.2. The average molecular weight is 277 g/mol. The molecule has 2 nitrogen and oxygen atoms in total. The number of anilines is 1. The van der Waals surface area contributed by atoms with Gasteiger partial charge in [0, 0.05) is 17.3 Å². The van der Waals surface area contributed by atoms with E-state index in [4.69, 9.17) is 4.74 Å². The van der Waals surface area contributed by atoms with E-state index in [2.05, 4.69) is 5.32 Å². The molecule has 0 aliphatic carbocycles. The van der Waals surface area contributed by atoms with Gasteiger partial charge in [0.05, 0.1) is 13.2 Å². The number of benzene rings is 2. The van der Waals surface area contributed by atoms with Gasteiger partial charge >= 0.3 is 0 Å². The van der Waals surface area contributed by atoms with E-state index in [9.17, 15) is 8.78 Å². The highest BCUT2D eigenvalue weighted by molar-refractivity contribution is 5.48. The number of nitrogens with one attached hydrogen (secondary N) is 1. The first kappa shape index (κ1) is 14.3. The zero-order valence-electron chi connectivity index (χ0n) is 11.7. The standard InChI is InChI=1S/C16H17F2NO/c1-10-4-5-16(20-3)15(6-10)11(2)19-14-8-12(17)7-13(18)9-14/h4-9,11,19H,1-3H3. The summed E-state index contributed by atoms with van der Waals surface area (Å²) in [6.45, 7) is 3.90.